The SMILES string of the molecule is Cc1ccc(C(=O)/C=C(\c2cc(Cl)cc(Cl)c2)C(F)(F)F)cc1Cl. The number of rotatable bonds is 3. The quantitative estimate of drug-likeness (QED) is 0.415. The summed E-state index contributed by atoms with van der Waals surface area (Å²) in [6.45, 7) is 1.72. The maximum atomic E-state index is 13.4. The Bertz CT molecular complexity index is 806. The maximum Gasteiger partial charge on any atom is 0.417 e. The number of ketones is 1. The number of hydrogen-bond acceptors (Lipinski definition) is 1. The molecule has 0 fully saturated rings. The number of halogens is 6. The van der Waals surface area contributed by atoms with Crippen LogP contribution in [-0.4, -0.2) is 12.0 Å². The van der Waals surface area contributed by atoms with Crippen LogP contribution in [0.3, 0.4) is 0 Å². The monoisotopic (exact) mass is 392 g/mol. The molecule has 0 aliphatic carbocycles. The normalized spacial score (nSPS) is 12.4. The molecule has 2 rings (SSSR count). The highest BCUT2D eigenvalue weighted by Gasteiger charge is 2.35. The summed E-state index contributed by atoms with van der Waals surface area (Å²) in [5, 5.41) is 0.380. The molecule has 0 saturated carbocycles. The number of allylic oxidation sites excluding steroid dienone is 2. The van der Waals surface area contributed by atoms with E-state index < -0.39 is 17.5 Å². The predicted octanol–water partition coefficient (Wildman–Crippen LogP) is 6.78. The van der Waals surface area contributed by atoms with Crippen LogP contribution in [0.1, 0.15) is 21.5 Å². The lowest BCUT2D eigenvalue weighted by Crippen LogP contribution is -2.13. The average Bonchev–Trinajstić information content (AvgIpc) is 2.45. The van der Waals surface area contributed by atoms with Gasteiger partial charge in [0.2, 0.25) is 0 Å². The van der Waals surface area contributed by atoms with Gasteiger partial charge >= 0.3 is 6.18 Å². The summed E-state index contributed by atoms with van der Waals surface area (Å²) in [7, 11) is 0. The highest BCUT2D eigenvalue weighted by Crippen LogP contribution is 2.36. The van der Waals surface area contributed by atoms with Crippen molar-refractivity contribution in [2.45, 2.75) is 13.1 Å². The fourth-order valence-corrected chi connectivity index (χ4v) is 2.71. The molecule has 0 bridgehead atoms. The van der Waals surface area contributed by atoms with Gasteiger partial charge in [0, 0.05) is 20.6 Å². The number of hydrogen-bond donors (Lipinski definition) is 0. The van der Waals surface area contributed by atoms with Gasteiger partial charge in [0.1, 0.15) is 0 Å². The van der Waals surface area contributed by atoms with Gasteiger partial charge in [-0.05, 0) is 48.4 Å². The van der Waals surface area contributed by atoms with Crippen molar-refractivity contribution in [1.82, 2.24) is 0 Å². The second-order valence-corrected chi connectivity index (χ2v) is 6.32. The largest absolute Gasteiger partial charge is 0.417 e. The zero-order chi connectivity index (χ0) is 18.1. The molecule has 0 N–H and O–H groups in total. The van der Waals surface area contributed by atoms with Gasteiger partial charge in [0.05, 0.1) is 5.57 Å². The first-order valence-corrected chi connectivity index (χ1v) is 7.77. The predicted molar refractivity (Wildman–Crippen MR) is 91.0 cm³/mol. The van der Waals surface area contributed by atoms with Crippen molar-refractivity contribution in [2.75, 3.05) is 0 Å². The van der Waals surface area contributed by atoms with Gasteiger partial charge in [-0.2, -0.15) is 13.2 Å². The van der Waals surface area contributed by atoms with E-state index in [4.69, 9.17) is 34.8 Å². The molecule has 1 nitrogen and oxygen atoms in total. The van der Waals surface area contributed by atoms with Crippen molar-refractivity contribution in [3.05, 3.63) is 74.2 Å². The third-order valence-corrected chi connectivity index (χ3v) is 4.05. The lowest BCUT2D eigenvalue weighted by molar-refractivity contribution is -0.0689. The molecule has 0 aromatic heterocycles. The Hall–Kier alpha value is -1.49. The van der Waals surface area contributed by atoms with E-state index in [9.17, 15) is 18.0 Å². The summed E-state index contributed by atoms with van der Waals surface area (Å²) in [4.78, 5) is 12.2. The minimum absolute atomic E-state index is 0.0403. The second-order valence-electron chi connectivity index (χ2n) is 5.04. The summed E-state index contributed by atoms with van der Waals surface area (Å²) in [5.74, 6) is -0.819. The van der Waals surface area contributed by atoms with Crippen LogP contribution in [0.4, 0.5) is 13.2 Å². The third-order valence-electron chi connectivity index (χ3n) is 3.21. The molecule has 0 aliphatic heterocycles. The molecule has 0 radical (unpaired) electrons. The van der Waals surface area contributed by atoms with E-state index in [1.165, 1.54) is 18.2 Å². The minimum Gasteiger partial charge on any atom is -0.289 e. The van der Waals surface area contributed by atoms with Crippen LogP contribution in [0.5, 0.6) is 0 Å². The lowest BCUT2D eigenvalue weighted by Gasteiger charge is -2.13. The maximum absolute atomic E-state index is 13.4. The average molecular weight is 394 g/mol. The molecular weight excluding hydrogens is 384 g/mol. The Morgan fingerprint density at radius 1 is 0.958 bits per heavy atom. The van der Waals surface area contributed by atoms with E-state index in [1.807, 2.05) is 0 Å². The van der Waals surface area contributed by atoms with Crippen LogP contribution in [0.15, 0.2) is 42.5 Å². The molecule has 24 heavy (non-hydrogen) atoms. The van der Waals surface area contributed by atoms with Crippen molar-refractivity contribution in [3.8, 4) is 0 Å². The molecule has 2 aromatic carbocycles. The first-order valence-electron chi connectivity index (χ1n) is 6.64. The standard InChI is InChI=1S/C17H10Cl3F3O/c1-9-2-3-10(6-15(9)20)16(24)8-14(17(21,22)23)11-4-12(18)7-13(19)5-11/h2-8H,1H3/b14-8+. The van der Waals surface area contributed by atoms with Crippen LogP contribution in [0.25, 0.3) is 5.57 Å². The van der Waals surface area contributed by atoms with E-state index in [0.29, 0.717) is 11.1 Å². The molecule has 0 spiro atoms. The van der Waals surface area contributed by atoms with Gasteiger partial charge in [0.25, 0.3) is 0 Å². The van der Waals surface area contributed by atoms with Crippen LogP contribution in [0.2, 0.25) is 15.1 Å². The molecule has 0 heterocycles. The molecule has 0 atom stereocenters. The summed E-state index contributed by atoms with van der Waals surface area (Å²) in [6, 6.07) is 7.81. The Balaban J connectivity index is 2.53. The molecule has 0 saturated heterocycles. The molecule has 0 amide bonds. The number of aryl methyl sites for hydroxylation is 1. The van der Waals surface area contributed by atoms with Crippen molar-refractivity contribution in [2.24, 2.45) is 0 Å². The Morgan fingerprint density at radius 3 is 2.04 bits per heavy atom. The van der Waals surface area contributed by atoms with E-state index in [1.54, 1.807) is 13.0 Å². The van der Waals surface area contributed by atoms with Gasteiger partial charge in [-0.25, -0.2) is 0 Å². The van der Waals surface area contributed by atoms with Crippen molar-refractivity contribution >= 4 is 46.2 Å². The zero-order valence-corrected chi connectivity index (χ0v) is 14.5. The number of benzene rings is 2. The highest BCUT2D eigenvalue weighted by molar-refractivity contribution is 6.35. The Kier molecular flexibility index (Phi) is 5.63. The fourth-order valence-electron chi connectivity index (χ4n) is 2.00. The van der Waals surface area contributed by atoms with Crippen molar-refractivity contribution in [1.29, 1.82) is 0 Å². The molecule has 2 aromatic rings. The van der Waals surface area contributed by atoms with Gasteiger partial charge in [0.15, 0.2) is 5.78 Å². The number of carbonyl (C=O) groups excluding carboxylic acids is 1. The van der Waals surface area contributed by atoms with Gasteiger partial charge < -0.3 is 0 Å². The second kappa shape index (κ2) is 7.18. The van der Waals surface area contributed by atoms with Crippen LogP contribution in [0, 0.1) is 6.92 Å². The van der Waals surface area contributed by atoms with Gasteiger partial charge in [-0.3, -0.25) is 4.79 Å². The Labute approximate surface area is 151 Å². The zero-order valence-electron chi connectivity index (χ0n) is 12.2. The van der Waals surface area contributed by atoms with E-state index >= 15 is 0 Å². The topological polar surface area (TPSA) is 17.1 Å². The fraction of sp³-hybridized carbons (Fsp3) is 0.118. The summed E-state index contributed by atoms with van der Waals surface area (Å²) < 4.78 is 40.1. The summed E-state index contributed by atoms with van der Waals surface area (Å²) in [5.41, 5.74) is -0.643. The molecule has 0 unspecified atom stereocenters. The Morgan fingerprint density at radius 2 is 1.54 bits per heavy atom. The molecular formula is C17H10Cl3F3O. The van der Waals surface area contributed by atoms with Gasteiger partial charge in [-0.1, -0.05) is 46.9 Å². The third kappa shape index (κ3) is 4.53. The van der Waals surface area contributed by atoms with Gasteiger partial charge in [-0.15, -0.1) is 0 Å². The van der Waals surface area contributed by atoms with Crippen LogP contribution < -0.4 is 0 Å². The number of alkyl halides is 3. The van der Waals surface area contributed by atoms with Crippen LogP contribution >= 0.6 is 34.8 Å². The smallest absolute Gasteiger partial charge is 0.289 e. The lowest BCUT2D eigenvalue weighted by atomic mass is 10.0. The van der Waals surface area contributed by atoms with Crippen molar-refractivity contribution < 1.29 is 18.0 Å². The molecule has 0 aliphatic rings. The van der Waals surface area contributed by atoms with E-state index in [-0.39, 0.29) is 21.2 Å². The van der Waals surface area contributed by atoms with E-state index in [0.717, 1.165) is 17.7 Å². The minimum atomic E-state index is -4.75. The summed E-state index contributed by atoms with van der Waals surface area (Å²) >= 11 is 17.4. The van der Waals surface area contributed by atoms with Crippen molar-refractivity contribution in [3.63, 3.8) is 0 Å². The molecule has 7 heteroatoms. The number of carbonyl (C=O) groups is 1. The highest BCUT2D eigenvalue weighted by atomic mass is 35.5. The molecule has 126 valence electrons. The van der Waals surface area contributed by atoms with E-state index in [2.05, 4.69) is 0 Å². The van der Waals surface area contributed by atoms with Crippen LogP contribution in [-0.2, 0) is 0 Å². The first kappa shape index (κ1) is 18.8. The summed E-state index contributed by atoms with van der Waals surface area (Å²) in [6.07, 6.45) is -4.23. The first-order chi connectivity index (χ1) is 11.1.